The first-order chi connectivity index (χ1) is 13.6. The minimum Gasteiger partial charge on any atom is -0.492 e. The van der Waals surface area contributed by atoms with Crippen molar-refractivity contribution in [2.75, 3.05) is 27.4 Å². The van der Waals surface area contributed by atoms with Gasteiger partial charge >= 0.3 is 11.9 Å². The summed E-state index contributed by atoms with van der Waals surface area (Å²) in [7, 11) is 2.79. The molecule has 0 amide bonds. The molecule has 2 aliphatic rings. The second-order valence-electron chi connectivity index (χ2n) is 7.12. The SMILES string of the molecule is COC(=O)C1COc2ccc(-c3ccc4c(c3)CC(C(=O)OC)CO4)cc2C1. The van der Waals surface area contributed by atoms with Gasteiger partial charge in [0.05, 0.1) is 26.1 Å². The Labute approximate surface area is 163 Å². The van der Waals surface area contributed by atoms with Gasteiger partial charge in [0.25, 0.3) is 0 Å². The van der Waals surface area contributed by atoms with E-state index in [1.165, 1.54) is 14.2 Å². The van der Waals surface area contributed by atoms with Crippen molar-refractivity contribution in [2.45, 2.75) is 12.8 Å². The fourth-order valence-electron chi connectivity index (χ4n) is 3.78. The van der Waals surface area contributed by atoms with Crippen molar-refractivity contribution >= 4 is 11.9 Å². The third-order valence-electron chi connectivity index (χ3n) is 5.34. The lowest BCUT2D eigenvalue weighted by molar-refractivity contribution is -0.147. The predicted octanol–water partition coefficient (Wildman–Crippen LogP) is 2.80. The molecular weight excluding hydrogens is 360 g/mol. The average Bonchev–Trinajstić information content (AvgIpc) is 2.76. The van der Waals surface area contributed by atoms with Crippen molar-refractivity contribution in [1.29, 1.82) is 0 Å². The Morgan fingerprint density at radius 2 is 1.21 bits per heavy atom. The number of carbonyl (C=O) groups is 2. The van der Waals surface area contributed by atoms with Crippen LogP contribution in [0, 0.1) is 11.8 Å². The van der Waals surface area contributed by atoms with Crippen molar-refractivity contribution in [1.82, 2.24) is 0 Å². The van der Waals surface area contributed by atoms with Gasteiger partial charge in [0.1, 0.15) is 24.7 Å². The number of methoxy groups -OCH3 is 2. The van der Waals surface area contributed by atoms with Crippen LogP contribution in [-0.2, 0) is 31.9 Å². The van der Waals surface area contributed by atoms with E-state index in [1.54, 1.807) is 0 Å². The van der Waals surface area contributed by atoms with E-state index in [0.717, 1.165) is 33.8 Å². The lowest BCUT2D eigenvalue weighted by atomic mass is 9.91. The molecule has 0 fully saturated rings. The zero-order valence-electron chi connectivity index (χ0n) is 15.9. The third-order valence-corrected chi connectivity index (χ3v) is 5.34. The Bertz CT molecular complexity index is 844. The van der Waals surface area contributed by atoms with E-state index in [1.807, 2.05) is 36.4 Å². The van der Waals surface area contributed by atoms with Crippen molar-refractivity contribution in [3.8, 4) is 22.6 Å². The normalized spacial score (nSPS) is 20.1. The molecule has 0 radical (unpaired) electrons. The van der Waals surface area contributed by atoms with Crippen molar-refractivity contribution in [2.24, 2.45) is 11.8 Å². The highest BCUT2D eigenvalue weighted by Gasteiger charge is 2.28. The summed E-state index contributed by atoms with van der Waals surface area (Å²) >= 11 is 0. The van der Waals surface area contributed by atoms with E-state index in [4.69, 9.17) is 18.9 Å². The molecule has 0 aliphatic carbocycles. The molecule has 0 spiro atoms. The summed E-state index contributed by atoms with van der Waals surface area (Å²) in [5.41, 5.74) is 4.02. The fourth-order valence-corrected chi connectivity index (χ4v) is 3.78. The largest absolute Gasteiger partial charge is 0.492 e. The molecule has 0 bridgehead atoms. The highest BCUT2D eigenvalue weighted by Crippen LogP contribution is 2.35. The van der Waals surface area contributed by atoms with Crippen LogP contribution in [0.25, 0.3) is 11.1 Å². The van der Waals surface area contributed by atoms with Gasteiger partial charge < -0.3 is 18.9 Å². The summed E-state index contributed by atoms with van der Waals surface area (Å²) < 4.78 is 21.1. The van der Waals surface area contributed by atoms with Crippen molar-refractivity contribution in [3.05, 3.63) is 47.5 Å². The van der Waals surface area contributed by atoms with E-state index in [9.17, 15) is 9.59 Å². The number of benzene rings is 2. The van der Waals surface area contributed by atoms with Crippen LogP contribution in [0.3, 0.4) is 0 Å². The number of carbonyl (C=O) groups excluding carboxylic acids is 2. The predicted molar refractivity (Wildman–Crippen MR) is 101 cm³/mol. The average molecular weight is 382 g/mol. The second-order valence-corrected chi connectivity index (χ2v) is 7.12. The molecule has 0 aromatic heterocycles. The zero-order chi connectivity index (χ0) is 19.7. The molecule has 146 valence electrons. The first-order valence-corrected chi connectivity index (χ1v) is 9.26. The minimum absolute atomic E-state index is 0.254. The Balaban J connectivity index is 1.61. The van der Waals surface area contributed by atoms with Crippen LogP contribution in [0.5, 0.6) is 11.5 Å². The van der Waals surface area contributed by atoms with E-state index in [0.29, 0.717) is 26.1 Å². The van der Waals surface area contributed by atoms with Crippen LogP contribution >= 0.6 is 0 Å². The van der Waals surface area contributed by atoms with Gasteiger partial charge in [-0.25, -0.2) is 0 Å². The van der Waals surface area contributed by atoms with Gasteiger partial charge in [0, 0.05) is 0 Å². The number of hydrogen-bond donors (Lipinski definition) is 0. The lowest BCUT2D eigenvalue weighted by Gasteiger charge is -2.25. The number of ether oxygens (including phenoxy) is 4. The smallest absolute Gasteiger partial charge is 0.312 e. The summed E-state index contributed by atoms with van der Waals surface area (Å²) in [5, 5.41) is 0. The maximum absolute atomic E-state index is 11.8. The summed E-state index contributed by atoms with van der Waals surface area (Å²) in [6.45, 7) is 0.675. The summed E-state index contributed by atoms with van der Waals surface area (Å²) in [6, 6.07) is 12.0. The second kappa shape index (κ2) is 7.54. The third kappa shape index (κ3) is 3.42. The monoisotopic (exact) mass is 382 g/mol. The van der Waals surface area contributed by atoms with Crippen molar-refractivity contribution in [3.63, 3.8) is 0 Å². The van der Waals surface area contributed by atoms with E-state index in [2.05, 4.69) is 0 Å². The Morgan fingerprint density at radius 1 is 0.786 bits per heavy atom. The Kier molecular flexibility index (Phi) is 4.94. The Morgan fingerprint density at radius 3 is 1.61 bits per heavy atom. The molecule has 2 aromatic rings. The molecule has 4 rings (SSSR count). The molecule has 0 saturated carbocycles. The molecule has 6 heteroatoms. The Hall–Kier alpha value is -3.02. The van der Waals surface area contributed by atoms with Gasteiger partial charge in [-0.2, -0.15) is 0 Å². The van der Waals surface area contributed by atoms with E-state index < -0.39 is 0 Å². The number of rotatable bonds is 3. The fraction of sp³-hybridized carbons (Fsp3) is 0.364. The molecule has 0 saturated heterocycles. The highest BCUT2D eigenvalue weighted by atomic mass is 16.5. The zero-order valence-corrected chi connectivity index (χ0v) is 15.9. The van der Waals surface area contributed by atoms with Gasteiger partial charge in [-0.05, 0) is 59.4 Å². The standard InChI is InChI=1S/C22H22O6/c1-25-21(23)17-9-15-7-13(3-5-19(15)27-11-17)14-4-6-20-16(8-14)10-18(12-28-20)22(24)26-2/h3-8,17-18H,9-12H2,1-2H3. The molecule has 2 heterocycles. The maximum Gasteiger partial charge on any atom is 0.312 e. The molecule has 2 aromatic carbocycles. The van der Waals surface area contributed by atoms with Gasteiger partial charge in [0.2, 0.25) is 0 Å². The number of esters is 2. The van der Waals surface area contributed by atoms with Gasteiger partial charge in [-0.15, -0.1) is 0 Å². The summed E-state index contributed by atoms with van der Waals surface area (Å²) in [4.78, 5) is 23.7. The van der Waals surface area contributed by atoms with E-state index >= 15 is 0 Å². The molecule has 0 N–H and O–H groups in total. The lowest BCUT2D eigenvalue weighted by Crippen LogP contribution is -2.29. The van der Waals surface area contributed by atoms with Crippen LogP contribution in [-0.4, -0.2) is 39.4 Å². The van der Waals surface area contributed by atoms with Crippen LogP contribution in [0.1, 0.15) is 11.1 Å². The molecule has 2 unspecified atom stereocenters. The maximum atomic E-state index is 11.8. The van der Waals surface area contributed by atoms with Crippen LogP contribution in [0.4, 0.5) is 0 Å². The summed E-state index contributed by atoms with van der Waals surface area (Å²) in [6.07, 6.45) is 1.18. The quantitative estimate of drug-likeness (QED) is 0.761. The molecule has 2 atom stereocenters. The van der Waals surface area contributed by atoms with Gasteiger partial charge in [0.15, 0.2) is 0 Å². The minimum atomic E-state index is -0.287. The first-order valence-electron chi connectivity index (χ1n) is 9.26. The summed E-state index contributed by atoms with van der Waals surface area (Å²) in [5.74, 6) is 0.523. The molecular formula is C22H22O6. The van der Waals surface area contributed by atoms with Gasteiger partial charge in [-0.1, -0.05) is 12.1 Å². The number of fused-ring (bicyclic) bond motifs is 2. The molecule has 28 heavy (non-hydrogen) atoms. The van der Waals surface area contributed by atoms with Gasteiger partial charge in [-0.3, -0.25) is 9.59 Å². The van der Waals surface area contributed by atoms with E-state index in [-0.39, 0.29) is 23.8 Å². The molecule has 2 aliphatic heterocycles. The van der Waals surface area contributed by atoms with Crippen LogP contribution < -0.4 is 9.47 Å². The topological polar surface area (TPSA) is 71.1 Å². The van der Waals surface area contributed by atoms with Crippen molar-refractivity contribution < 1.29 is 28.5 Å². The highest BCUT2D eigenvalue weighted by molar-refractivity contribution is 5.75. The van der Waals surface area contributed by atoms with Crippen LogP contribution in [0.2, 0.25) is 0 Å². The van der Waals surface area contributed by atoms with Crippen LogP contribution in [0.15, 0.2) is 36.4 Å². The molecule has 6 nitrogen and oxygen atoms in total. The first kappa shape index (κ1) is 18.3. The number of hydrogen-bond acceptors (Lipinski definition) is 6.